The van der Waals surface area contributed by atoms with Crippen LogP contribution in [0.1, 0.15) is 22.8 Å². The predicted octanol–water partition coefficient (Wildman–Crippen LogP) is 5.94. The lowest BCUT2D eigenvalue weighted by molar-refractivity contribution is -0.137. The highest BCUT2D eigenvalue weighted by atomic mass is 79.9. The average Bonchev–Trinajstić information content (AvgIpc) is 2.61. The first kappa shape index (κ1) is 19.2. The van der Waals surface area contributed by atoms with Crippen molar-refractivity contribution in [2.45, 2.75) is 13.1 Å². The normalized spacial score (nSPS) is 11.4. The summed E-state index contributed by atoms with van der Waals surface area (Å²) in [4.78, 5) is 16.3. The number of rotatable bonds is 4. The smallest absolute Gasteiger partial charge is 0.416 e. The van der Waals surface area contributed by atoms with Crippen molar-refractivity contribution < 1.29 is 22.7 Å². The third kappa shape index (κ3) is 4.21. The average molecular weight is 439 g/mol. The van der Waals surface area contributed by atoms with E-state index in [1.54, 1.807) is 25.1 Å². The van der Waals surface area contributed by atoms with E-state index in [-0.39, 0.29) is 17.7 Å². The van der Waals surface area contributed by atoms with E-state index in [1.807, 2.05) is 6.07 Å². The number of halogens is 4. The number of alkyl halides is 3. The first-order chi connectivity index (χ1) is 12.8. The molecule has 0 atom stereocenters. The van der Waals surface area contributed by atoms with E-state index in [4.69, 9.17) is 4.74 Å². The molecule has 0 bridgehead atoms. The van der Waals surface area contributed by atoms with Crippen molar-refractivity contribution in [2.24, 2.45) is 0 Å². The minimum Gasteiger partial charge on any atom is -0.462 e. The Morgan fingerprint density at radius 2 is 2.00 bits per heavy atom. The molecular formula is C19H14BrF3N2O2. The van der Waals surface area contributed by atoms with Gasteiger partial charge in [0.15, 0.2) is 0 Å². The SMILES string of the molecule is CCOC(=O)c1cnc2cc(C(F)(F)F)ccc2c1Nc1cccc(Br)c1. The Balaban J connectivity index is 2.17. The number of nitrogens with one attached hydrogen (secondary N) is 1. The Hall–Kier alpha value is -2.61. The number of esters is 1. The Labute approximate surface area is 161 Å². The molecule has 0 fully saturated rings. The molecule has 1 N–H and O–H groups in total. The van der Waals surface area contributed by atoms with Gasteiger partial charge in [-0.1, -0.05) is 28.1 Å². The van der Waals surface area contributed by atoms with Gasteiger partial charge in [-0.25, -0.2) is 4.79 Å². The van der Waals surface area contributed by atoms with Gasteiger partial charge in [-0.2, -0.15) is 13.2 Å². The fourth-order valence-corrected chi connectivity index (χ4v) is 2.98. The number of fused-ring (bicyclic) bond motifs is 1. The van der Waals surface area contributed by atoms with Gasteiger partial charge in [-0.3, -0.25) is 4.98 Å². The number of aromatic nitrogens is 1. The summed E-state index contributed by atoms with van der Waals surface area (Å²) in [6.07, 6.45) is -3.26. The largest absolute Gasteiger partial charge is 0.462 e. The van der Waals surface area contributed by atoms with E-state index in [1.165, 1.54) is 12.3 Å². The highest BCUT2D eigenvalue weighted by Gasteiger charge is 2.31. The maximum Gasteiger partial charge on any atom is 0.416 e. The zero-order valence-corrected chi connectivity index (χ0v) is 15.7. The summed E-state index contributed by atoms with van der Waals surface area (Å²) in [5, 5.41) is 3.48. The van der Waals surface area contributed by atoms with E-state index >= 15 is 0 Å². The first-order valence-electron chi connectivity index (χ1n) is 7.99. The monoisotopic (exact) mass is 438 g/mol. The van der Waals surface area contributed by atoms with E-state index in [0.717, 1.165) is 16.6 Å². The quantitative estimate of drug-likeness (QED) is 0.512. The molecule has 8 heteroatoms. The lowest BCUT2D eigenvalue weighted by atomic mass is 10.1. The Bertz CT molecular complexity index is 1010. The van der Waals surface area contributed by atoms with Crippen LogP contribution in [0.4, 0.5) is 24.5 Å². The zero-order valence-electron chi connectivity index (χ0n) is 14.1. The summed E-state index contributed by atoms with van der Waals surface area (Å²) in [6.45, 7) is 1.84. The molecule has 140 valence electrons. The third-order valence-electron chi connectivity index (χ3n) is 3.79. The summed E-state index contributed by atoms with van der Waals surface area (Å²) < 4.78 is 44.8. The second kappa shape index (κ2) is 7.56. The molecule has 0 amide bonds. The molecule has 0 unspecified atom stereocenters. The molecule has 4 nitrogen and oxygen atoms in total. The molecule has 0 radical (unpaired) electrons. The van der Waals surface area contributed by atoms with Crippen LogP contribution in [0.3, 0.4) is 0 Å². The molecule has 3 aromatic rings. The minimum absolute atomic E-state index is 0.121. The zero-order chi connectivity index (χ0) is 19.6. The second-order valence-corrected chi connectivity index (χ2v) is 6.55. The van der Waals surface area contributed by atoms with Crippen molar-refractivity contribution in [1.82, 2.24) is 4.98 Å². The van der Waals surface area contributed by atoms with Gasteiger partial charge in [0, 0.05) is 21.7 Å². The van der Waals surface area contributed by atoms with E-state index in [2.05, 4.69) is 26.2 Å². The van der Waals surface area contributed by atoms with Gasteiger partial charge in [-0.15, -0.1) is 0 Å². The van der Waals surface area contributed by atoms with Gasteiger partial charge < -0.3 is 10.1 Å². The number of carbonyl (C=O) groups excluding carboxylic acids is 1. The van der Waals surface area contributed by atoms with Crippen LogP contribution >= 0.6 is 15.9 Å². The van der Waals surface area contributed by atoms with Crippen molar-refractivity contribution in [2.75, 3.05) is 11.9 Å². The van der Waals surface area contributed by atoms with E-state index in [9.17, 15) is 18.0 Å². The van der Waals surface area contributed by atoms with Crippen LogP contribution in [0.5, 0.6) is 0 Å². The van der Waals surface area contributed by atoms with Gasteiger partial charge in [-0.05, 0) is 37.3 Å². The van der Waals surface area contributed by atoms with Gasteiger partial charge in [0.05, 0.1) is 23.4 Å². The summed E-state index contributed by atoms with van der Waals surface area (Å²) >= 11 is 3.36. The molecule has 1 aromatic heterocycles. The van der Waals surface area contributed by atoms with Crippen LogP contribution in [0.25, 0.3) is 10.9 Å². The van der Waals surface area contributed by atoms with Crippen molar-refractivity contribution >= 4 is 44.2 Å². The fraction of sp³-hybridized carbons (Fsp3) is 0.158. The van der Waals surface area contributed by atoms with E-state index in [0.29, 0.717) is 16.8 Å². The highest BCUT2D eigenvalue weighted by Crippen LogP contribution is 2.35. The molecule has 1 heterocycles. The number of carbonyl (C=O) groups is 1. The molecule has 27 heavy (non-hydrogen) atoms. The molecular weight excluding hydrogens is 425 g/mol. The Morgan fingerprint density at radius 1 is 1.22 bits per heavy atom. The summed E-state index contributed by atoms with van der Waals surface area (Å²) in [6, 6.07) is 10.4. The summed E-state index contributed by atoms with van der Waals surface area (Å²) in [5.41, 5.74) is 0.451. The topological polar surface area (TPSA) is 51.2 Å². The van der Waals surface area contributed by atoms with Crippen LogP contribution < -0.4 is 5.32 Å². The molecule has 0 saturated carbocycles. The highest BCUT2D eigenvalue weighted by molar-refractivity contribution is 9.10. The van der Waals surface area contributed by atoms with Crippen LogP contribution in [0.2, 0.25) is 0 Å². The fourth-order valence-electron chi connectivity index (χ4n) is 2.58. The Morgan fingerprint density at radius 3 is 2.67 bits per heavy atom. The molecule has 0 aliphatic rings. The Kier molecular flexibility index (Phi) is 5.36. The molecule has 0 spiro atoms. The van der Waals surface area contributed by atoms with Gasteiger partial charge in [0.25, 0.3) is 0 Å². The number of hydrogen-bond donors (Lipinski definition) is 1. The number of ether oxygens (including phenoxy) is 1. The van der Waals surface area contributed by atoms with Gasteiger partial charge in [0.1, 0.15) is 5.56 Å². The van der Waals surface area contributed by atoms with E-state index < -0.39 is 17.7 Å². The van der Waals surface area contributed by atoms with Crippen LogP contribution in [-0.4, -0.2) is 17.6 Å². The summed E-state index contributed by atoms with van der Waals surface area (Å²) in [7, 11) is 0. The first-order valence-corrected chi connectivity index (χ1v) is 8.78. The maximum absolute atomic E-state index is 13.0. The molecule has 3 rings (SSSR count). The minimum atomic E-state index is -4.48. The van der Waals surface area contributed by atoms with Crippen molar-refractivity contribution in [3.05, 3.63) is 64.3 Å². The number of benzene rings is 2. The second-order valence-electron chi connectivity index (χ2n) is 5.63. The maximum atomic E-state index is 13.0. The number of hydrogen-bond acceptors (Lipinski definition) is 4. The predicted molar refractivity (Wildman–Crippen MR) is 100 cm³/mol. The van der Waals surface area contributed by atoms with Crippen LogP contribution in [0.15, 0.2) is 53.1 Å². The van der Waals surface area contributed by atoms with Crippen LogP contribution in [0, 0.1) is 0 Å². The standard InChI is InChI=1S/C19H14BrF3N2O2/c1-2-27-18(26)15-10-24-16-8-11(19(21,22)23)6-7-14(16)17(15)25-13-5-3-4-12(20)9-13/h3-10H,2H2,1H3,(H,24,25). The van der Waals surface area contributed by atoms with Crippen molar-refractivity contribution in [1.29, 1.82) is 0 Å². The van der Waals surface area contributed by atoms with Gasteiger partial charge in [0.2, 0.25) is 0 Å². The summed E-state index contributed by atoms with van der Waals surface area (Å²) in [5.74, 6) is -0.607. The number of anilines is 2. The molecule has 0 aliphatic heterocycles. The molecule has 0 aliphatic carbocycles. The lowest BCUT2D eigenvalue weighted by Crippen LogP contribution is -2.10. The number of nitrogens with zero attached hydrogens (tertiary/aromatic N) is 1. The van der Waals surface area contributed by atoms with Crippen molar-refractivity contribution in [3.8, 4) is 0 Å². The molecule has 2 aromatic carbocycles. The third-order valence-corrected chi connectivity index (χ3v) is 4.28. The van der Waals surface area contributed by atoms with Crippen LogP contribution in [-0.2, 0) is 10.9 Å². The molecule has 0 saturated heterocycles. The van der Waals surface area contributed by atoms with Crippen molar-refractivity contribution in [3.63, 3.8) is 0 Å². The lowest BCUT2D eigenvalue weighted by Gasteiger charge is -2.15. The van der Waals surface area contributed by atoms with Gasteiger partial charge >= 0.3 is 12.1 Å². The number of pyridine rings is 1.